The predicted octanol–water partition coefficient (Wildman–Crippen LogP) is 0.724. The third kappa shape index (κ3) is 3.51. The van der Waals surface area contributed by atoms with E-state index in [-0.39, 0.29) is 11.5 Å². The lowest BCUT2D eigenvalue weighted by atomic mass is 9.91. The van der Waals surface area contributed by atoms with E-state index in [0.717, 1.165) is 32.6 Å². The molecule has 82 valence electrons. The largest absolute Gasteiger partial charge is 0.313 e. The Labute approximate surface area is 91.5 Å². The van der Waals surface area contributed by atoms with Gasteiger partial charge in [-0.1, -0.05) is 0 Å². The van der Waals surface area contributed by atoms with Gasteiger partial charge in [-0.25, -0.2) is 0 Å². The fourth-order valence-corrected chi connectivity index (χ4v) is 1.62. The van der Waals surface area contributed by atoms with Gasteiger partial charge in [0.25, 0.3) is 0 Å². The molecule has 4 nitrogen and oxygen atoms in total. The second kappa shape index (κ2) is 5.11. The van der Waals surface area contributed by atoms with Crippen LogP contribution in [0, 0.1) is 28.1 Å². The van der Waals surface area contributed by atoms with Crippen molar-refractivity contribution in [2.45, 2.75) is 26.3 Å². The van der Waals surface area contributed by atoms with Gasteiger partial charge in [0.05, 0.1) is 17.6 Å². The van der Waals surface area contributed by atoms with Gasteiger partial charge in [-0.05, 0) is 20.3 Å². The van der Waals surface area contributed by atoms with Crippen molar-refractivity contribution in [1.29, 1.82) is 10.5 Å². The number of nitrogens with zero attached hydrogens (tertiary/aromatic N) is 3. The van der Waals surface area contributed by atoms with Crippen molar-refractivity contribution >= 4 is 0 Å². The van der Waals surface area contributed by atoms with Crippen molar-refractivity contribution in [2.24, 2.45) is 5.41 Å². The molecule has 0 aliphatic carbocycles. The molecule has 0 radical (unpaired) electrons. The molecule has 0 saturated carbocycles. The van der Waals surface area contributed by atoms with Gasteiger partial charge in [0.2, 0.25) is 0 Å². The molecule has 0 spiro atoms. The molecule has 1 heterocycles. The standard InChI is InChI=1S/C11H18N4/c1-11(2,9-13)3-5-15-6-4-14-8-10(15)7-12/h10,14H,3-6,8H2,1-2H3. The molecule has 0 aromatic carbocycles. The van der Waals surface area contributed by atoms with Crippen LogP contribution in [0.4, 0.5) is 0 Å². The highest BCUT2D eigenvalue weighted by molar-refractivity contribution is 4.98. The smallest absolute Gasteiger partial charge is 0.110 e. The molecule has 0 amide bonds. The Morgan fingerprint density at radius 2 is 2.20 bits per heavy atom. The van der Waals surface area contributed by atoms with Gasteiger partial charge in [-0.2, -0.15) is 10.5 Å². The van der Waals surface area contributed by atoms with Crippen LogP contribution in [-0.4, -0.2) is 37.1 Å². The number of rotatable bonds is 3. The number of nitriles is 2. The molecule has 1 unspecified atom stereocenters. The lowest BCUT2D eigenvalue weighted by Crippen LogP contribution is -2.51. The molecule has 15 heavy (non-hydrogen) atoms. The van der Waals surface area contributed by atoms with Crippen molar-refractivity contribution in [2.75, 3.05) is 26.2 Å². The van der Waals surface area contributed by atoms with Gasteiger partial charge in [-0.15, -0.1) is 0 Å². The number of hydrogen-bond acceptors (Lipinski definition) is 4. The highest BCUT2D eigenvalue weighted by Crippen LogP contribution is 2.19. The summed E-state index contributed by atoms with van der Waals surface area (Å²) in [5.74, 6) is 0. The fraction of sp³-hybridized carbons (Fsp3) is 0.818. The maximum Gasteiger partial charge on any atom is 0.110 e. The molecule has 1 saturated heterocycles. The van der Waals surface area contributed by atoms with Crippen molar-refractivity contribution in [3.8, 4) is 12.1 Å². The number of hydrogen-bond donors (Lipinski definition) is 1. The van der Waals surface area contributed by atoms with Gasteiger partial charge < -0.3 is 5.32 Å². The Hall–Kier alpha value is -1.10. The van der Waals surface area contributed by atoms with E-state index in [1.54, 1.807) is 0 Å². The first kappa shape index (κ1) is 12.0. The molecule has 1 atom stereocenters. The third-order valence-electron chi connectivity index (χ3n) is 2.83. The molecule has 1 aliphatic heterocycles. The summed E-state index contributed by atoms with van der Waals surface area (Å²) in [6.07, 6.45) is 0.821. The Morgan fingerprint density at radius 1 is 1.47 bits per heavy atom. The normalized spacial score (nSPS) is 23.1. The maximum atomic E-state index is 8.95. The van der Waals surface area contributed by atoms with E-state index in [2.05, 4.69) is 22.4 Å². The molecule has 4 heteroatoms. The van der Waals surface area contributed by atoms with Gasteiger partial charge in [0.15, 0.2) is 0 Å². The molecule has 1 rings (SSSR count). The molecular formula is C11H18N4. The zero-order valence-electron chi connectivity index (χ0n) is 9.45. The van der Waals surface area contributed by atoms with Crippen molar-refractivity contribution in [3.05, 3.63) is 0 Å². The Morgan fingerprint density at radius 3 is 2.80 bits per heavy atom. The van der Waals surface area contributed by atoms with Crippen molar-refractivity contribution < 1.29 is 0 Å². The van der Waals surface area contributed by atoms with E-state index >= 15 is 0 Å². The first-order valence-corrected chi connectivity index (χ1v) is 5.35. The number of nitrogens with one attached hydrogen (secondary N) is 1. The lowest BCUT2D eigenvalue weighted by Gasteiger charge is -2.33. The summed E-state index contributed by atoms with van der Waals surface area (Å²) in [5.41, 5.74) is -0.287. The van der Waals surface area contributed by atoms with E-state index in [9.17, 15) is 0 Å². The van der Waals surface area contributed by atoms with Crippen LogP contribution in [0.3, 0.4) is 0 Å². The summed E-state index contributed by atoms with van der Waals surface area (Å²) < 4.78 is 0. The predicted molar refractivity (Wildman–Crippen MR) is 57.9 cm³/mol. The van der Waals surface area contributed by atoms with Gasteiger partial charge in [0, 0.05) is 26.2 Å². The topological polar surface area (TPSA) is 62.9 Å². The third-order valence-corrected chi connectivity index (χ3v) is 2.83. The van der Waals surface area contributed by atoms with Gasteiger partial charge >= 0.3 is 0 Å². The maximum absolute atomic E-state index is 8.95. The first-order chi connectivity index (χ1) is 7.09. The van der Waals surface area contributed by atoms with E-state index in [1.807, 2.05) is 13.8 Å². The molecule has 1 N–H and O–H groups in total. The summed E-state index contributed by atoms with van der Waals surface area (Å²) in [6, 6.07) is 4.54. The summed E-state index contributed by atoms with van der Waals surface area (Å²) in [7, 11) is 0. The van der Waals surface area contributed by atoms with Crippen LogP contribution in [0.25, 0.3) is 0 Å². The van der Waals surface area contributed by atoms with E-state index < -0.39 is 0 Å². The minimum atomic E-state index is -0.287. The Bertz CT molecular complexity index is 284. The minimum absolute atomic E-state index is 0.0340. The molecular weight excluding hydrogens is 188 g/mol. The molecule has 0 aromatic heterocycles. The highest BCUT2D eigenvalue weighted by atomic mass is 15.2. The second-order valence-corrected chi connectivity index (χ2v) is 4.63. The average molecular weight is 206 g/mol. The summed E-state index contributed by atoms with van der Waals surface area (Å²) in [4.78, 5) is 2.16. The molecule has 0 aromatic rings. The van der Waals surface area contributed by atoms with Crippen molar-refractivity contribution in [3.63, 3.8) is 0 Å². The Balaban J connectivity index is 2.44. The van der Waals surface area contributed by atoms with Crippen molar-refractivity contribution in [1.82, 2.24) is 10.2 Å². The SMILES string of the molecule is CC(C)(C#N)CCN1CCNCC1C#N. The van der Waals surface area contributed by atoms with Gasteiger partial charge in [0.1, 0.15) is 6.04 Å². The van der Waals surface area contributed by atoms with Crippen LogP contribution in [0.2, 0.25) is 0 Å². The Kier molecular flexibility index (Phi) is 4.08. The first-order valence-electron chi connectivity index (χ1n) is 5.35. The van der Waals surface area contributed by atoms with Gasteiger partial charge in [-0.3, -0.25) is 4.90 Å². The van der Waals surface area contributed by atoms with E-state index in [0.29, 0.717) is 0 Å². The minimum Gasteiger partial charge on any atom is -0.313 e. The highest BCUT2D eigenvalue weighted by Gasteiger charge is 2.24. The van der Waals surface area contributed by atoms with Crippen LogP contribution in [0.1, 0.15) is 20.3 Å². The zero-order chi connectivity index (χ0) is 11.3. The van der Waals surface area contributed by atoms with E-state index in [1.165, 1.54) is 0 Å². The fourth-order valence-electron chi connectivity index (χ4n) is 1.62. The average Bonchev–Trinajstić information content (AvgIpc) is 2.27. The summed E-state index contributed by atoms with van der Waals surface area (Å²) in [6.45, 7) is 7.29. The molecule has 1 fully saturated rings. The van der Waals surface area contributed by atoms with Crippen LogP contribution in [0.15, 0.2) is 0 Å². The van der Waals surface area contributed by atoms with E-state index in [4.69, 9.17) is 10.5 Å². The van der Waals surface area contributed by atoms with Crippen LogP contribution < -0.4 is 5.32 Å². The lowest BCUT2D eigenvalue weighted by molar-refractivity contribution is 0.179. The molecule has 1 aliphatic rings. The van der Waals surface area contributed by atoms with Crippen LogP contribution >= 0.6 is 0 Å². The quantitative estimate of drug-likeness (QED) is 0.739. The monoisotopic (exact) mass is 206 g/mol. The van der Waals surface area contributed by atoms with Crippen LogP contribution in [-0.2, 0) is 0 Å². The second-order valence-electron chi connectivity index (χ2n) is 4.63. The van der Waals surface area contributed by atoms with Crippen LogP contribution in [0.5, 0.6) is 0 Å². The summed E-state index contributed by atoms with van der Waals surface area (Å²) >= 11 is 0. The zero-order valence-corrected chi connectivity index (χ0v) is 9.45. The number of piperazine rings is 1. The molecule has 0 bridgehead atoms. The summed E-state index contributed by atoms with van der Waals surface area (Å²) in [5, 5.41) is 21.0.